The van der Waals surface area contributed by atoms with Gasteiger partial charge in [0.2, 0.25) is 0 Å². The van der Waals surface area contributed by atoms with E-state index in [9.17, 15) is 4.79 Å². The Morgan fingerprint density at radius 2 is 1.46 bits per heavy atom. The molecule has 0 radical (unpaired) electrons. The van der Waals surface area contributed by atoms with Gasteiger partial charge in [-0.25, -0.2) is 4.79 Å². The normalized spacial score (nSPS) is 12.0. The van der Waals surface area contributed by atoms with E-state index in [2.05, 4.69) is 38.1 Å². The van der Waals surface area contributed by atoms with Gasteiger partial charge in [0, 0.05) is 0 Å². The molecule has 3 heteroatoms. The molecule has 2 aromatic carbocycles. The molecule has 0 saturated heterocycles. The molecule has 0 saturated carbocycles. The maximum absolute atomic E-state index is 12.2. The number of ether oxygens (including phenoxy) is 2. The summed E-state index contributed by atoms with van der Waals surface area (Å²) in [5.74, 6) is -0.351. The first kappa shape index (κ1) is 20.2. The predicted octanol–water partition coefficient (Wildman–Crippen LogP) is 6.02. The molecule has 1 unspecified atom stereocenters. The van der Waals surface area contributed by atoms with Gasteiger partial charge in [-0.3, -0.25) is 0 Å². The standard InChI is InChI=1S/C23H30O3/c1-4-6-8-19-9-11-20(12-10-19)21-13-15-22(16-14-21)23(24)26-18(3)25-17-7-5-2/h9-16,18H,4-8,17H2,1-3H3. The van der Waals surface area contributed by atoms with Crippen LogP contribution < -0.4 is 0 Å². The second-order valence-electron chi connectivity index (χ2n) is 6.58. The third-order valence-corrected chi connectivity index (χ3v) is 4.35. The van der Waals surface area contributed by atoms with Gasteiger partial charge in [-0.1, -0.05) is 63.1 Å². The number of hydrogen-bond donors (Lipinski definition) is 0. The first-order chi connectivity index (χ1) is 12.6. The average molecular weight is 354 g/mol. The maximum Gasteiger partial charge on any atom is 0.340 e. The highest BCUT2D eigenvalue weighted by Crippen LogP contribution is 2.21. The Hall–Kier alpha value is -2.13. The molecule has 0 amide bonds. The van der Waals surface area contributed by atoms with Crippen LogP contribution in [0.3, 0.4) is 0 Å². The van der Waals surface area contributed by atoms with Gasteiger partial charge in [0.05, 0.1) is 12.2 Å². The zero-order valence-corrected chi connectivity index (χ0v) is 16.2. The Morgan fingerprint density at radius 3 is 2.04 bits per heavy atom. The second kappa shape index (κ2) is 10.8. The third-order valence-electron chi connectivity index (χ3n) is 4.35. The zero-order valence-electron chi connectivity index (χ0n) is 16.2. The van der Waals surface area contributed by atoms with Gasteiger partial charge in [0.1, 0.15) is 0 Å². The van der Waals surface area contributed by atoms with Gasteiger partial charge >= 0.3 is 5.97 Å². The van der Waals surface area contributed by atoms with E-state index in [0.717, 1.165) is 30.4 Å². The third kappa shape index (κ3) is 6.30. The van der Waals surface area contributed by atoms with Crippen LogP contribution in [0.5, 0.6) is 0 Å². The molecule has 0 aromatic heterocycles. The van der Waals surface area contributed by atoms with Crippen molar-refractivity contribution in [3.63, 3.8) is 0 Å². The summed E-state index contributed by atoms with van der Waals surface area (Å²) in [6.45, 7) is 6.67. The number of esters is 1. The predicted molar refractivity (Wildman–Crippen MR) is 106 cm³/mol. The SMILES string of the molecule is CCCCOC(C)OC(=O)c1ccc(-c2ccc(CCCC)cc2)cc1. The van der Waals surface area contributed by atoms with Gasteiger partial charge in [0.15, 0.2) is 6.29 Å². The van der Waals surface area contributed by atoms with Crippen molar-refractivity contribution in [1.29, 1.82) is 0 Å². The molecule has 0 bridgehead atoms. The highest BCUT2D eigenvalue weighted by atomic mass is 16.7. The van der Waals surface area contributed by atoms with Gasteiger partial charge in [0.25, 0.3) is 0 Å². The highest BCUT2D eigenvalue weighted by molar-refractivity contribution is 5.90. The van der Waals surface area contributed by atoms with Crippen molar-refractivity contribution in [2.24, 2.45) is 0 Å². The van der Waals surface area contributed by atoms with Crippen molar-refractivity contribution in [2.45, 2.75) is 59.2 Å². The second-order valence-corrected chi connectivity index (χ2v) is 6.58. The smallest absolute Gasteiger partial charge is 0.340 e. The van der Waals surface area contributed by atoms with Crippen LogP contribution in [0.2, 0.25) is 0 Å². The number of unbranched alkanes of at least 4 members (excludes halogenated alkanes) is 2. The number of hydrogen-bond acceptors (Lipinski definition) is 3. The lowest BCUT2D eigenvalue weighted by molar-refractivity contribution is -0.0985. The molecule has 1 atom stereocenters. The van der Waals surface area contributed by atoms with Crippen molar-refractivity contribution in [3.05, 3.63) is 59.7 Å². The number of aryl methyl sites for hydroxylation is 1. The minimum absolute atomic E-state index is 0.351. The highest BCUT2D eigenvalue weighted by Gasteiger charge is 2.12. The van der Waals surface area contributed by atoms with E-state index in [1.54, 1.807) is 19.1 Å². The van der Waals surface area contributed by atoms with E-state index in [0.29, 0.717) is 12.2 Å². The van der Waals surface area contributed by atoms with Crippen LogP contribution in [0.1, 0.15) is 62.4 Å². The maximum atomic E-state index is 12.2. The lowest BCUT2D eigenvalue weighted by Crippen LogP contribution is -2.18. The molecule has 0 aliphatic carbocycles. The van der Waals surface area contributed by atoms with Gasteiger partial charge in [-0.15, -0.1) is 0 Å². The summed E-state index contributed by atoms with van der Waals surface area (Å²) in [6, 6.07) is 16.2. The lowest BCUT2D eigenvalue weighted by atomic mass is 10.0. The summed E-state index contributed by atoms with van der Waals surface area (Å²) >= 11 is 0. The quantitative estimate of drug-likeness (QED) is 0.297. The Morgan fingerprint density at radius 1 is 0.885 bits per heavy atom. The van der Waals surface area contributed by atoms with E-state index in [1.165, 1.54) is 18.4 Å². The minimum atomic E-state index is -0.524. The molecule has 0 spiro atoms. The van der Waals surface area contributed by atoms with Crippen LogP contribution in [0.4, 0.5) is 0 Å². The number of benzene rings is 2. The van der Waals surface area contributed by atoms with Crippen molar-refractivity contribution < 1.29 is 14.3 Å². The van der Waals surface area contributed by atoms with Crippen molar-refractivity contribution in [2.75, 3.05) is 6.61 Å². The number of carbonyl (C=O) groups excluding carboxylic acids is 1. The van der Waals surface area contributed by atoms with Crippen LogP contribution >= 0.6 is 0 Å². The molecular formula is C23H30O3. The molecular weight excluding hydrogens is 324 g/mol. The van der Waals surface area contributed by atoms with Crippen LogP contribution in [-0.2, 0) is 15.9 Å². The molecule has 0 heterocycles. The van der Waals surface area contributed by atoms with Crippen molar-refractivity contribution in [3.8, 4) is 11.1 Å². The Balaban J connectivity index is 1.93. The Kier molecular flexibility index (Phi) is 8.36. The molecule has 140 valence electrons. The van der Waals surface area contributed by atoms with Gasteiger partial charge < -0.3 is 9.47 Å². The summed E-state index contributed by atoms with van der Waals surface area (Å²) in [6.07, 6.45) is 5.05. The van der Waals surface area contributed by atoms with Crippen LogP contribution in [0.15, 0.2) is 48.5 Å². The van der Waals surface area contributed by atoms with Crippen molar-refractivity contribution in [1.82, 2.24) is 0 Å². The van der Waals surface area contributed by atoms with Gasteiger partial charge in [-0.2, -0.15) is 0 Å². The Labute approximate surface area is 157 Å². The average Bonchev–Trinajstić information content (AvgIpc) is 2.67. The topological polar surface area (TPSA) is 35.5 Å². The van der Waals surface area contributed by atoms with E-state index in [-0.39, 0.29) is 5.97 Å². The molecule has 2 rings (SSSR count). The monoisotopic (exact) mass is 354 g/mol. The molecule has 2 aromatic rings. The fourth-order valence-electron chi connectivity index (χ4n) is 2.69. The summed E-state index contributed by atoms with van der Waals surface area (Å²) in [5.41, 5.74) is 4.16. The zero-order chi connectivity index (χ0) is 18.8. The lowest BCUT2D eigenvalue weighted by Gasteiger charge is -2.14. The summed E-state index contributed by atoms with van der Waals surface area (Å²) in [4.78, 5) is 12.2. The number of rotatable bonds is 10. The summed E-state index contributed by atoms with van der Waals surface area (Å²) < 4.78 is 10.8. The van der Waals surface area contributed by atoms with E-state index in [1.807, 2.05) is 12.1 Å². The summed E-state index contributed by atoms with van der Waals surface area (Å²) in [5, 5.41) is 0. The van der Waals surface area contributed by atoms with Gasteiger partial charge in [-0.05, 0) is 55.0 Å². The molecule has 0 aliphatic rings. The first-order valence-electron chi connectivity index (χ1n) is 9.66. The molecule has 0 fully saturated rings. The van der Waals surface area contributed by atoms with Crippen LogP contribution in [0, 0.1) is 0 Å². The molecule has 3 nitrogen and oxygen atoms in total. The fraction of sp³-hybridized carbons (Fsp3) is 0.435. The van der Waals surface area contributed by atoms with E-state index < -0.39 is 6.29 Å². The minimum Gasteiger partial charge on any atom is -0.432 e. The molecule has 26 heavy (non-hydrogen) atoms. The van der Waals surface area contributed by atoms with Crippen LogP contribution in [-0.4, -0.2) is 18.9 Å². The first-order valence-corrected chi connectivity index (χ1v) is 9.66. The largest absolute Gasteiger partial charge is 0.432 e. The summed E-state index contributed by atoms with van der Waals surface area (Å²) in [7, 11) is 0. The molecule has 0 aliphatic heterocycles. The van der Waals surface area contributed by atoms with Crippen LogP contribution in [0.25, 0.3) is 11.1 Å². The van der Waals surface area contributed by atoms with Crippen molar-refractivity contribution >= 4 is 5.97 Å². The fourth-order valence-corrected chi connectivity index (χ4v) is 2.69. The Bertz CT molecular complexity index is 659. The molecule has 0 N–H and O–H groups in total. The van der Waals surface area contributed by atoms with E-state index >= 15 is 0 Å². The van der Waals surface area contributed by atoms with E-state index in [4.69, 9.17) is 9.47 Å². The number of carbonyl (C=O) groups is 1.